The van der Waals surface area contributed by atoms with Crippen LogP contribution in [0.15, 0.2) is 65.6 Å². The van der Waals surface area contributed by atoms with Crippen LogP contribution in [-0.4, -0.2) is 49.8 Å². The van der Waals surface area contributed by atoms with Crippen LogP contribution in [0.3, 0.4) is 0 Å². The van der Waals surface area contributed by atoms with E-state index in [2.05, 4.69) is 10.0 Å². The van der Waals surface area contributed by atoms with Crippen molar-refractivity contribution in [2.24, 2.45) is 0 Å². The lowest BCUT2D eigenvalue weighted by Crippen LogP contribution is -2.37. The minimum Gasteiger partial charge on any atom is -0.497 e. The summed E-state index contributed by atoms with van der Waals surface area (Å²) in [4.78, 5) is 12.5. The third kappa shape index (κ3) is 7.41. The monoisotopic (exact) mass is 587 g/mol. The molecule has 0 spiro atoms. The van der Waals surface area contributed by atoms with Gasteiger partial charge in [-0.05, 0) is 54.6 Å². The molecule has 0 radical (unpaired) electrons. The predicted octanol–water partition coefficient (Wildman–Crippen LogP) is 4.22. The number of methoxy groups -OCH3 is 2. The number of anilines is 3. The van der Waals surface area contributed by atoms with Gasteiger partial charge in [0.05, 0.1) is 36.7 Å². The molecule has 3 aromatic carbocycles. The van der Waals surface area contributed by atoms with Crippen molar-refractivity contribution in [3.05, 3.63) is 70.7 Å². The smallest absolute Gasteiger partial charge is 0.262 e. The second kappa shape index (κ2) is 11.5. The number of hydrogen-bond donors (Lipinski definition) is 2. The van der Waals surface area contributed by atoms with Gasteiger partial charge >= 0.3 is 0 Å². The van der Waals surface area contributed by atoms with Gasteiger partial charge in [-0.1, -0.05) is 23.2 Å². The lowest BCUT2D eigenvalue weighted by molar-refractivity contribution is -0.114. The number of nitrogens with zero attached hydrogens (tertiary/aromatic N) is 1. The Kier molecular flexibility index (Phi) is 8.80. The van der Waals surface area contributed by atoms with Crippen LogP contribution in [0, 0.1) is 0 Å². The summed E-state index contributed by atoms with van der Waals surface area (Å²) in [6.45, 7) is -0.563. The molecule has 0 heterocycles. The first-order valence-electron chi connectivity index (χ1n) is 10.4. The fourth-order valence-corrected chi connectivity index (χ4v) is 5.65. The Morgan fingerprint density at radius 2 is 1.51 bits per heavy atom. The van der Waals surface area contributed by atoms with Gasteiger partial charge in [0.25, 0.3) is 10.0 Å². The zero-order chi connectivity index (χ0) is 27.4. The van der Waals surface area contributed by atoms with Crippen LogP contribution in [0.1, 0.15) is 0 Å². The Balaban J connectivity index is 1.76. The van der Waals surface area contributed by atoms with Crippen LogP contribution < -0.4 is 23.8 Å². The second-order valence-electron chi connectivity index (χ2n) is 7.64. The van der Waals surface area contributed by atoms with Crippen LogP contribution in [-0.2, 0) is 24.8 Å². The lowest BCUT2D eigenvalue weighted by atomic mass is 10.3. The van der Waals surface area contributed by atoms with E-state index >= 15 is 0 Å². The van der Waals surface area contributed by atoms with E-state index in [0.717, 1.165) is 10.6 Å². The second-order valence-corrected chi connectivity index (χ2v) is 12.1. The molecule has 0 unspecified atom stereocenters. The number of ether oxygens (including phenoxy) is 2. The molecule has 2 N–H and O–H groups in total. The van der Waals surface area contributed by atoms with Crippen LogP contribution in [0.5, 0.6) is 11.5 Å². The molecule has 0 saturated carbocycles. The van der Waals surface area contributed by atoms with E-state index < -0.39 is 32.5 Å². The first-order valence-corrected chi connectivity index (χ1v) is 14.5. The van der Waals surface area contributed by atoms with E-state index in [9.17, 15) is 21.6 Å². The van der Waals surface area contributed by atoms with E-state index in [1.54, 1.807) is 12.1 Å². The maximum absolute atomic E-state index is 12.9. The molecule has 0 aromatic heterocycles. The van der Waals surface area contributed by atoms with Gasteiger partial charge in [0.15, 0.2) is 0 Å². The van der Waals surface area contributed by atoms with Crippen LogP contribution in [0.25, 0.3) is 0 Å². The number of rotatable bonds is 10. The molecule has 0 atom stereocenters. The summed E-state index contributed by atoms with van der Waals surface area (Å²) in [6, 6.07) is 14.1. The van der Waals surface area contributed by atoms with E-state index in [1.165, 1.54) is 62.8 Å². The number of halogens is 2. The number of hydrogen-bond acceptors (Lipinski definition) is 7. The first kappa shape index (κ1) is 28.4. The summed E-state index contributed by atoms with van der Waals surface area (Å²) in [7, 11) is -5.01. The minimum absolute atomic E-state index is 0.0818. The molecule has 3 aromatic rings. The highest BCUT2D eigenvalue weighted by Gasteiger charge is 2.22. The molecule has 198 valence electrons. The SMILES string of the molecule is COc1ccc(OC)c(NS(=O)(=O)c2ccc(NC(=O)CN(c3cc(Cl)cc(Cl)c3)S(C)(=O)=O)cc2)c1. The van der Waals surface area contributed by atoms with Gasteiger partial charge in [-0.3, -0.25) is 13.8 Å². The normalized spacial score (nSPS) is 11.5. The number of nitrogens with one attached hydrogen (secondary N) is 2. The fraction of sp³-hybridized carbons (Fsp3) is 0.174. The Morgan fingerprint density at radius 1 is 0.892 bits per heavy atom. The largest absolute Gasteiger partial charge is 0.497 e. The van der Waals surface area contributed by atoms with Crippen molar-refractivity contribution in [1.29, 1.82) is 0 Å². The van der Waals surface area contributed by atoms with Crippen molar-refractivity contribution >= 4 is 66.2 Å². The molecule has 0 saturated heterocycles. The Bertz CT molecular complexity index is 1490. The molecule has 14 heteroatoms. The summed E-state index contributed by atoms with van der Waals surface area (Å²) in [5, 5.41) is 2.95. The highest BCUT2D eigenvalue weighted by atomic mass is 35.5. The van der Waals surface area contributed by atoms with Crippen molar-refractivity contribution in [1.82, 2.24) is 0 Å². The van der Waals surface area contributed by atoms with Gasteiger partial charge in [-0.15, -0.1) is 0 Å². The van der Waals surface area contributed by atoms with Crippen LogP contribution in [0.2, 0.25) is 10.0 Å². The third-order valence-electron chi connectivity index (χ3n) is 4.92. The molecule has 10 nitrogen and oxygen atoms in total. The Morgan fingerprint density at radius 3 is 2.05 bits per heavy atom. The quantitative estimate of drug-likeness (QED) is 0.363. The van der Waals surface area contributed by atoms with Gasteiger partial charge in [-0.2, -0.15) is 0 Å². The molecule has 3 rings (SSSR count). The fourth-order valence-electron chi connectivity index (χ4n) is 3.23. The van der Waals surface area contributed by atoms with Crippen LogP contribution in [0.4, 0.5) is 17.1 Å². The molecular weight excluding hydrogens is 565 g/mol. The van der Waals surface area contributed by atoms with Gasteiger partial charge in [-0.25, -0.2) is 16.8 Å². The molecule has 0 aliphatic heterocycles. The summed E-state index contributed by atoms with van der Waals surface area (Å²) in [5.74, 6) is 0.0563. The zero-order valence-corrected chi connectivity index (χ0v) is 23.0. The Labute approximate surface area is 225 Å². The first-order chi connectivity index (χ1) is 17.3. The lowest BCUT2D eigenvalue weighted by Gasteiger charge is -2.22. The van der Waals surface area contributed by atoms with Crippen molar-refractivity contribution in [2.75, 3.05) is 41.4 Å². The number of amides is 1. The van der Waals surface area contributed by atoms with Gasteiger partial charge in [0, 0.05) is 21.8 Å². The minimum atomic E-state index is -4.01. The highest BCUT2D eigenvalue weighted by Crippen LogP contribution is 2.31. The van der Waals surface area contributed by atoms with Gasteiger partial charge in [0.2, 0.25) is 15.9 Å². The molecule has 1 amide bonds. The standard InChI is InChI=1S/C23H23Cl2N3O7S2/c1-34-19-6-9-22(35-2)21(13-19)27-37(32,33)20-7-4-17(5-8-20)26-23(29)14-28(36(3,30)31)18-11-15(24)10-16(25)12-18/h4-13,27H,14H2,1-3H3,(H,26,29). The zero-order valence-electron chi connectivity index (χ0n) is 19.9. The van der Waals surface area contributed by atoms with E-state index in [-0.39, 0.29) is 32.0 Å². The topological polar surface area (TPSA) is 131 Å². The van der Waals surface area contributed by atoms with Crippen LogP contribution >= 0.6 is 23.2 Å². The summed E-state index contributed by atoms with van der Waals surface area (Å²) in [6.07, 6.45) is 0.944. The van der Waals surface area contributed by atoms with E-state index in [0.29, 0.717) is 11.5 Å². The molecule has 37 heavy (non-hydrogen) atoms. The van der Waals surface area contributed by atoms with E-state index in [4.69, 9.17) is 32.7 Å². The molecule has 0 fully saturated rings. The van der Waals surface area contributed by atoms with E-state index in [1.807, 2.05) is 0 Å². The van der Waals surface area contributed by atoms with Gasteiger partial charge < -0.3 is 14.8 Å². The van der Waals surface area contributed by atoms with Crippen molar-refractivity contribution in [3.8, 4) is 11.5 Å². The average Bonchev–Trinajstić information content (AvgIpc) is 2.81. The highest BCUT2D eigenvalue weighted by molar-refractivity contribution is 7.92. The maximum atomic E-state index is 12.9. The molecule has 0 bridgehead atoms. The summed E-state index contributed by atoms with van der Waals surface area (Å²) >= 11 is 11.9. The molecule has 0 aliphatic carbocycles. The molecular formula is C23H23Cl2N3O7S2. The third-order valence-corrected chi connectivity index (χ3v) is 7.88. The number of carbonyl (C=O) groups excluding carboxylic acids is 1. The predicted molar refractivity (Wildman–Crippen MR) is 144 cm³/mol. The summed E-state index contributed by atoms with van der Waals surface area (Å²) < 4.78 is 64.0. The van der Waals surface area contributed by atoms with Crippen molar-refractivity contribution in [2.45, 2.75) is 4.90 Å². The van der Waals surface area contributed by atoms with Crippen molar-refractivity contribution in [3.63, 3.8) is 0 Å². The van der Waals surface area contributed by atoms with Gasteiger partial charge in [0.1, 0.15) is 18.0 Å². The number of carbonyl (C=O) groups is 1. The average molecular weight is 588 g/mol. The number of sulfonamides is 2. The molecule has 0 aliphatic rings. The Hall–Kier alpha value is -3.19. The maximum Gasteiger partial charge on any atom is 0.262 e. The number of benzene rings is 3. The van der Waals surface area contributed by atoms with Crippen molar-refractivity contribution < 1.29 is 31.1 Å². The summed E-state index contributed by atoms with van der Waals surface area (Å²) in [5.41, 5.74) is 0.553.